The first kappa shape index (κ1) is 14.9. The van der Waals surface area contributed by atoms with Crippen molar-refractivity contribution in [1.29, 1.82) is 0 Å². The number of fused-ring (bicyclic) bond motifs is 1. The van der Waals surface area contributed by atoms with E-state index in [2.05, 4.69) is 19.1 Å². The third-order valence-electron chi connectivity index (χ3n) is 3.79. The number of hydrogen-bond acceptors (Lipinski definition) is 2. The van der Waals surface area contributed by atoms with Gasteiger partial charge in [-0.15, -0.1) is 0 Å². The van der Waals surface area contributed by atoms with Crippen molar-refractivity contribution in [2.45, 2.75) is 45.1 Å². The van der Waals surface area contributed by atoms with Gasteiger partial charge in [0.1, 0.15) is 5.75 Å². The van der Waals surface area contributed by atoms with Gasteiger partial charge in [0, 0.05) is 0 Å². The van der Waals surface area contributed by atoms with Crippen LogP contribution in [0.3, 0.4) is 0 Å². The molecule has 0 amide bonds. The summed E-state index contributed by atoms with van der Waals surface area (Å²) in [6, 6.07) is 12.2. The molecule has 0 fully saturated rings. The summed E-state index contributed by atoms with van der Waals surface area (Å²) in [4.78, 5) is 0. The minimum atomic E-state index is -0.349. The number of aliphatic hydroxyl groups is 1. The molecule has 0 aliphatic carbocycles. The van der Waals surface area contributed by atoms with Crippen LogP contribution in [0.1, 0.15) is 50.7 Å². The van der Waals surface area contributed by atoms with Gasteiger partial charge in [0.25, 0.3) is 0 Å². The van der Waals surface area contributed by atoms with Crippen molar-refractivity contribution < 1.29 is 9.84 Å². The van der Waals surface area contributed by atoms with E-state index in [0.717, 1.165) is 34.9 Å². The van der Waals surface area contributed by atoms with Crippen molar-refractivity contribution >= 4 is 10.8 Å². The number of ether oxygens (including phenoxy) is 1. The van der Waals surface area contributed by atoms with Crippen molar-refractivity contribution in [2.24, 2.45) is 0 Å². The molecule has 0 bridgehead atoms. The quantitative estimate of drug-likeness (QED) is 0.730. The number of rotatable bonds is 7. The van der Waals surface area contributed by atoms with E-state index >= 15 is 0 Å². The third kappa shape index (κ3) is 3.73. The first-order valence-electron chi connectivity index (χ1n) is 7.50. The van der Waals surface area contributed by atoms with Crippen molar-refractivity contribution in [2.75, 3.05) is 7.11 Å². The molecule has 2 heteroatoms. The third-order valence-corrected chi connectivity index (χ3v) is 3.79. The van der Waals surface area contributed by atoms with E-state index in [0.29, 0.717) is 0 Å². The van der Waals surface area contributed by atoms with Crippen molar-refractivity contribution in [3.8, 4) is 5.75 Å². The van der Waals surface area contributed by atoms with Crippen LogP contribution in [-0.2, 0) is 0 Å². The Bertz CT molecular complexity index is 548. The number of unbranched alkanes of at least 4 members (excludes halogenated alkanes) is 3. The summed E-state index contributed by atoms with van der Waals surface area (Å²) in [5.74, 6) is 0.866. The molecule has 2 nitrogen and oxygen atoms in total. The predicted octanol–water partition coefficient (Wildman–Crippen LogP) is 4.85. The van der Waals surface area contributed by atoms with E-state index in [1.165, 1.54) is 19.3 Å². The van der Waals surface area contributed by atoms with Gasteiger partial charge in [0.15, 0.2) is 0 Å². The summed E-state index contributed by atoms with van der Waals surface area (Å²) in [7, 11) is 1.68. The monoisotopic (exact) mass is 272 g/mol. The number of hydrogen-bond donors (Lipinski definition) is 1. The molecule has 0 heterocycles. The van der Waals surface area contributed by atoms with Crippen LogP contribution < -0.4 is 4.74 Å². The molecule has 0 aromatic heterocycles. The summed E-state index contributed by atoms with van der Waals surface area (Å²) in [5, 5.41) is 12.5. The van der Waals surface area contributed by atoms with Crippen LogP contribution in [0, 0.1) is 0 Å². The van der Waals surface area contributed by atoms with Gasteiger partial charge in [-0.25, -0.2) is 0 Å². The fourth-order valence-electron chi connectivity index (χ4n) is 2.51. The molecule has 0 saturated heterocycles. The van der Waals surface area contributed by atoms with Crippen LogP contribution in [-0.4, -0.2) is 12.2 Å². The summed E-state index contributed by atoms with van der Waals surface area (Å²) in [6.07, 6.45) is 5.28. The molecule has 1 N–H and O–H groups in total. The number of aliphatic hydroxyl groups excluding tert-OH is 1. The molecule has 1 unspecified atom stereocenters. The van der Waals surface area contributed by atoms with E-state index in [-0.39, 0.29) is 6.10 Å². The Morgan fingerprint density at radius 3 is 2.50 bits per heavy atom. The molecule has 20 heavy (non-hydrogen) atoms. The van der Waals surface area contributed by atoms with Crippen molar-refractivity contribution in [3.05, 3.63) is 42.0 Å². The molecule has 108 valence electrons. The van der Waals surface area contributed by atoms with E-state index in [4.69, 9.17) is 4.74 Å². The van der Waals surface area contributed by atoms with Crippen molar-refractivity contribution in [3.63, 3.8) is 0 Å². The molecule has 2 aromatic carbocycles. The van der Waals surface area contributed by atoms with E-state index in [1.54, 1.807) is 7.11 Å². The van der Waals surface area contributed by atoms with E-state index < -0.39 is 0 Å². The van der Waals surface area contributed by atoms with E-state index in [9.17, 15) is 5.11 Å². The van der Waals surface area contributed by atoms with Gasteiger partial charge < -0.3 is 9.84 Å². The van der Waals surface area contributed by atoms with Crippen LogP contribution in [0.4, 0.5) is 0 Å². The van der Waals surface area contributed by atoms with Crippen molar-refractivity contribution in [1.82, 2.24) is 0 Å². The second-order valence-corrected chi connectivity index (χ2v) is 5.34. The zero-order chi connectivity index (χ0) is 14.4. The zero-order valence-electron chi connectivity index (χ0n) is 12.4. The average Bonchev–Trinajstić information content (AvgIpc) is 2.50. The molecule has 0 radical (unpaired) electrons. The molecule has 0 spiro atoms. The average molecular weight is 272 g/mol. The van der Waals surface area contributed by atoms with Gasteiger partial charge in [-0.3, -0.25) is 0 Å². The molecular weight excluding hydrogens is 248 g/mol. The summed E-state index contributed by atoms with van der Waals surface area (Å²) < 4.78 is 5.23. The molecule has 0 aliphatic heterocycles. The lowest BCUT2D eigenvalue weighted by Crippen LogP contribution is -1.97. The van der Waals surface area contributed by atoms with Gasteiger partial charge >= 0.3 is 0 Å². The fourth-order valence-corrected chi connectivity index (χ4v) is 2.51. The SMILES string of the molecule is CCCCCCC(O)c1ccc2cc(OC)ccc2c1. The second kappa shape index (κ2) is 7.30. The summed E-state index contributed by atoms with van der Waals surface area (Å²) in [5.41, 5.74) is 1.01. The standard InChI is InChI=1S/C18H24O2/c1-3-4-5-6-7-18(19)16-9-8-15-13-17(20-2)11-10-14(15)12-16/h8-13,18-19H,3-7H2,1-2H3. The van der Waals surface area contributed by atoms with Crippen LogP contribution in [0.2, 0.25) is 0 Å². The lowest BCUT2D eigenvalue weighted by atomic mass is 9.99. The van der Waals surface area contributed by atoms with Crippen LogP contribution in [0.25, 0.3) is 10.8 Å². The molecule has 0 saturated carbocycles. The van der Waals surface area contributed by atoms with Crippen LogP contribution >= 0.6 is 0 Å². The van der Waals surface area contributed by atoms with Crippen LogP contribution in [0.15, 0.2) is 36.4 Å². The lowest BCUT2D eigenvalue weighted by molar-refractivity contribution is 0.163. The van der Waals surface area contributed by atoms with Crippen LogP contribution in [0.5, 0.6) is 5.75 Å². The van der Waals surface area contributed by atoms with Gasteiger partial charge in [0.2, 0.25) is 0 Å². The maximum Gasteiger partial charge on any atom is 0.119 e. The molecular formula is C18H24O2. The molecule has 0 aliphatic rings. The highest BCUT2D eigenvalue weighted by Gasteiger charge is 2.08. The predicted molar refractivity (Wildman–Crippen MR) is 84.2 cm³/mol. The first-order valence-corrected chi connectivity index (χ1v) is 7.50. The Hall–Kier alpha value is -1.54. The Morgan fingerprint density at radius 2 is 1.75 bits per heavy atom. The first-order chi connectivity index (χ1) is 9.74. The Morgan fingerprint density at radius 1 is 1.00 bits per heavy atom. The maximum atomic E-state index is 10.3. The summed E-state index contributed by atoms with van der Waals surface area (Å²) >= 11 is 0. The number of methoxy groups -OCH3 is 1. The topological polar surface area (TPSA) is 29.5 Å². The molecule has 2 rings (SSSR count). The highest BCUT2D eigenvalue weighted by Crippen LogP contribution is 2.26. The number of benzene rings is 2. The highest BCUT2D eigenvalue weighted by molar-refractivity contribution is 5.84. The Labute approximate surface area is 121 Å². The minimum Gasteiger partial charge on any atom is -0.497 e. The maximum absolute atomic E-state index is 10.3. The molecule has 2 aromatic rings. The normalized spacial score (nSPS) is 12.6. The minimum absolute atomic E-state index is 0.349. The van der Waals surface area contributed by atoms with Gasteiger partial charge in [-0.05, 0) is 41.0 Å². The smallest absolute Gasteiger partial charge is 0.119 e. The van der Waals surface area contributed by atoms with Gasteiger partial charge in [0.05, 0.1) is 13.2 Å². The highest BCUT2D eigenvalue weighted by atomic mass is 16.5. The second-order valence-electron chi connectivity index (χ2n) is 5.34. The zero-order valence-corrected chi connectivity index (χ0v) is 12.4. The Balaban J connectivity index is 2.07. The largest absolute Gasteiger partial charge is 0.497 e. The Kier molecular flexibility index (Phi) is 5.42. The van der Waals surface area contributed by atoms with E-state index in [1.807, 2.05) is 24.3 Å². The fraction of sp³-hybridized carbons (Fsp3) is 0.444. The molecule has 1 atom stereocenters. The van der Waals surface area contributed by atoms with Gasteiger partial charge in [-0.2, -0.15) is 0 Å². The summed E-state index contributed by atoms with van der Waals surface area (Å²) in [6.45, 7) is 2.20. The lowest BCUT2D eigenvalue weighted by Gasteiger charge is -2.12. The van der Waals surface area contributed by atoms with Gasteiger partial charge in [-0.1, -0.05) is 50.8 Å².